The fourth-order valence-corrected chi connectivity index (χ4v) is 3.47. The minimum absolute atomic E-state index is 0.0782. The van der Waals surface area contributed by atoms with Gasteiger partial charge in [-0.3, -0.25) is 4.79 Å². The van der Waals surface area contributed by atoms with Crippen molar-refractivity contribution in [3.05, 3.63) is 79.9 Å². The summed E-state index contributed by atoms with van der Waals surface area (Å²) in [6, 6.07) is 13.2. The second kappa shape index (κ2) is 8.45. The first-order valence-corrected chi connectivity index (χ1v) is 10.1. The largest absolute Gasteiger partial charge is 0.384 e. The molecule has 6 nitrogen and oxygen atoms in total. The van der Waals surface area contributed by atoms with E-state index in [0.29, 0.717) is 10.7 Å². The maximum absolute atomic E-state index is 12.2. The molecule has 0 unspecified atom stereocenters. The van der Waals surface area contributed by atoms with Crippen LogP contribution < -0.4 is 10.9 Å². The number of para-hydroxylation sites is 2. The highest BCUT2D eigenvalue weighted by Gasteiger charge is 2.11. The molecule has 2 N–H and O–H groups in total. The van der Waals surface area contributed by atoms with Gasteiger partial charge >= 0.3 is 0 Å². The quantitative estimate of drug-likeness (QED) is 0.402. The van der Waals surface area contributed by atoms with Gasteiger partial charge in [-0.15, -0.1) is 0 Å². The van der Waals surface area contributed by atoms with Crippen LogP contribution in [0.5, 0.6) is 0 Å². The van der Waals surface area contributed by atoms with Crippen molar-refractivity contribution in [1.82, 2.24) is 19.7 Å². The number of benzene rings is 2. The van der Waals surface area contributed by atoms with Crippen LogP contribution in [0, 0.1) is 0 Å². The first-order chi connectivity index (χ1) is 14.0. The molecule has 0 amide bonds. The number of hydrogen-bond acceptors (Lipinski definition) is 4. The number of halogens is 3. The summed E-state index contributed by atoms with van der Waals surface area (Å²) in [5.74, 6) is 0.958. The minimum atomic E-state index is -0.498. The fourth-order valence-electron chi connectivity index (χ4n) is 2.98. The highest BCUT2D eigenvalue weighted by molar-refractivity contribution is 6.41. The number of H-pyrrole nitrogens is 1. The lowest BCUT2D eigenvalue weighted by Crippen LogP contribution is -2.21. The molecule has 0 aliphatic heterocycles. The molecule has 0 spiro atoms. The third kappa shape index (κ3) is 4.24. The van der Waals surface area contributed by atoms with E-state index in [9.17, 15) is 4.79 Å². The number of nitrogens with zero attached hydrogens (tertiary/aromatic N) is 3. The Morgan fingerprint density at radius 3 is 2.69 bits per heavy atom. The Bertz CT molecular complexity index is 1200. The highest BCUT2D eigenvalue weighted by atomic mass is 35.5. The van der Waals surface area contributed by atoms with Gasteiger partial charge in [-0.25, -0.2) is 4.98 Å². The third-order valence-electron chi connectivity index (χ3n) is 4.42. The van der Waals surface area contributed by atoms with Crippen LogP contribution >= 0.6 is 34.8 Å². The Morgan fingerprint density at radius 1 is 1.07 bits per heavy atom. The van der Waals surface area contributed by atoms with E-state index in [1.54, 1.807) is 18.2 Å². The van der Waals surface area contributed by atoms with Crippen molar-refractivity contribution in [3.63, 3.8) is 0 Å². The monoisotopic (exact) mass is 447 g/mol. The van der Waals surface area contributed by atoms with Crippen LogP contribution in [-0.4, -0.2) is 26.3 Å². The van der Waals surface area contributed by atoms with E-state index in [0.717, 1.165) is 46.6 Å². The van der Waals surface area contributed by atoms with Gasteiger partial charge < -0.3 is 10.3 Å². The Labute approximate surface area is 181 Å². The molecule has 0 saturated carbocycles. The molecule has 29 heavy (non-hydrogen) atoms. The van der Waals surface area contributed by atoms with E-state index in [1.165, 1.54) is 6.20 Å². The molecule has 0 radical (unpaired) electrons. The van der Waals surface area contributed by atoms with Gasteiger partial charge in [-0.05, 0) is 36.8 Å². The molecule has 0 atom stereocenters. The molecule has 0 aliphatic carbocycles. The first kappa shape index (κ1) is 19.8. The Morgan fingerprint density at radius 2 is 1.90 bits per heavy atom. The van der Waals surface area contributed by atoms with E-state index >= 15 is 0 Å². The normalized spacial score (nSPS) is 11.1. The van der Waals surface area contributed by atoms with Crippen LogP contribution in [0.15, 0.2) is 53.5 Å². The summed E-state index contributed by atoms with van der Waals surface area (Å²) in [5.41, 5.74) is 2.79. The first-order valence-electron chi connectivity index (χ1n) is 8.93. The van der Waals surface area contributed by atoms with Crippen molar-refractivity contribution >= 4 is 51.5 Å². The molecular weight excluding hydrogens is 433 g/mol. The Hall–Kier alpha value is -2.54. The molecular formula is C20H16Cl3N5O. The summed E-state index contributed by atoms with van der Waals surface area (Å²) in [5, 5.41) is 7.82. The number of anilines is 1. The number of aromatic amines is 1. The number of nitrogens with one attached hydrogen (secondary N) is 2. The van der Waals surface area contributed by atoms with E-state index < -0.39 is 5.56 Å². The number of hydrogen-bond donors (Lipinski definition) is 2. The lowest BCUT2D eigenvalue weighted by Gasteiger charge is -2.11. The minimum Gasteiger partial charge on any atom is -0.384 e. The number of fused-ring (bicyclic) bond motifs is 1. The lowest BCUT2D eigenvalue weighted by molar-refractivity contribution is 0.806. The van der Waals surface area contributed by atoms with Crippen LogP contribution in [0.3, 0.4) is 0 Å². The molecule has 0 aliphatic rings. The van der Waals surface area contributed by atoms with Gasteiger partial charge in [0, 0.05) is 13.0 Å². The summed E-state index contributed by atoms with van der Waals surface area (Å²) in [4.78, 5) is 20.1. The SMILES string of the molecule is O=c1c(Cl)c(Cl)cnn1-c1ccc(NCCCc2nc3ccccc3[nH]2)c(Cl)c1. The fraction of sp³-hybridized carbons (Fsp3) is 0.150. The average molecular weight is 449 g/mol. The molecule has 4 rings (SSSR count). The molecule has 4 aromatic rings. The number of aryl methyl sites for hydroxylation is 1. The van der Waals surface area contributed by atoms with Gasteiger partial charge in [0.1, 0.15) is 10.8 Å². The van der Waals surface area contributed by atoms with Crippen LogP contribution in [-0.2, 0) is 6.42 Å². The second-order valence-corrected chi connectivity index (χ2v) is 7.61. The molecule has 2 aromatic carbocycles. The van der Waals surface area contributed by atoms with Crippen molar-refractivity contribution in [2.24, 2.45) is 0 Å². The zero-order valence-corrected chi connectivity index (χ0v) is 17.4. The van der Waals surface area contributed by atoms with Crippen LogP contribution in [0.2, 0.25) is 15.1 Å². The van der Waals surface area contributed by atoms with Crippen LogP contribution in [0.1, 0.15) is 12.2 Å². The van der Waals surface area contributed by atoms with Gasteiger partial charge in [-0.2, -0.15) is 9.78 Å². The zero-order chi connectivity index (χ0) is 20.4. The molecule has 9 heteroatoms. The predicted molar refractivity (Wildman–Crippen MR) is 118 cm³/mol. The summed E-state index contributed by atoms with van der Waals surface area (Å²) >= 11 is 18.1. The van der Waals surface area contributed by atoms with Crippen molar-refractivity contribution in [2.75, 3.05) is 11.9 Å². The van der Waals surface area contributed by atoms with E-state index in [2.05, 4.69) is 20.4 Å². The van der Waals surface area contributed by atoms with Gasteiger partial charge in [0.25, 0.3) is 5.56 Å². The van der Waals surface area contributed by atoms with Gasteiger partial charge in [0.05, 0.1) is 38.7 Å². The summed E-state index contributed by atoms with van der Waals surface area (Å²) in [6.45, 7) is 0.723. The van der Waals surface area contributed by atoms with E-state index in [1.807, 2.05) is 24.3 Å². The average Bonchev–Trinajstić information content (AvgIpc) is 3.13. The Kier molecular flexibility index (Phi) is 5.76. The smallest absolute Gasteiger partial charge is 0.291 e. The van der Waals surface area contributed by atoms with Gasteiger partial charge in [0.2, 0.25) is 0 Å². The van der Waals surface area contributed by atoms with Gasteiger partial charge in [-0.1, -0.05) is 46.9 Å². The summed E-state index contributed by atoms with van der Waals surface area (Å²) in [6.07, 6.45) is 3.02. The molecule has 0 saturated heterocycles. The second-order valence-electron chi connectivity index (χ2n) is 6.42. The Balaban J connectivity index is 1.40. The molecule has 0 bridgehead atoms. The lowest BCUT2D eigenvalue weighted by atomic mass is 10.2. The number of imidazole rings is 1. The van der Waals surface area contributed by atoms with Crippen molar-refractivity contribution in [2.45, 2.75) is 12.8 Å². The van der Waals surface area contributed by atoms with Crippen LogP contribution in [0.25, 0.3) is 16.7 Å². The predicted octanol–water partition coefficient (Wildman–Crippen LogP) is 5.11. The standard InChI is InChI=1S/C20H16Cl3N5O/c21-13-10-12(28-20(29)19(23)14(22)11-25-28)7-8-15(13)24-9-3-6-18-26-16-4-1-2-5-17(16)27-18/h1-2,4-5,7-8,10-11,24H,3,6,9H2,(H,26,27). The molecule has 2 heterocycles. The van der Waals surface area contributed by atoms with Crippen LogP contribution in [0.4, 0.5) is 5.69 Å². The molecule has 148 valence electrons. The van der Waals surface area contributed by atoms with Crippen molar-refractivity contribution in [1.29, 1.82) is 0 Å². The van der Waals surface area contributed by atoms with Crippen molar-refractivity contribution in [3.8, 4) is 5.69 Å². The highest BCUT2D eigenvalue weighted by Crippen LogP contribution is 2.25. The third-order valence-corrected chi connectivity index (χ3v) is 5.48. The van der Waals surface area contributed by atoms with E-state index in [4.69, 9.17) is 34.8 Å². The molecule has 0 fully saturated rings. The number of aromatic nitrogens is 4. The maximum Gasteiger partial charge on any atom is 0.291 e. The maximum atomic E-state index is 12.2. The summed E-state index contributed by atoms with van der Waals surface area (Å²) in [7, 11) is 0. The number of rotatable bonds is 6. The van der Waals surface area contributed by atoms with Gasteiger partial charge in [0.15, 0.2) is 0 Å². The zero-order valence-electron chi connectivity index (χ0n) is 15.1. The topological polar surface area (TPSA) is 75.6 Å². The summed E-state index contributed by atoms with van der Waals surface area (Å²) < 4.78 is 1.16. The molecule has 2 aromatic heterocycles. The van der Waals surface area contributed by atoms with Crippen molar-refractivity contribution < 1.29 is 0 Å². The van der Waals surface area contributed by atoms with E-state index in [-0.39, 0.29) is 10.0 Å².